The van der Waals surface area contributed by atoms with Gasteiger partial charge in [0.15, 0.2) is 5.92 Å². The first-order chi connectivity index (χ1) is 13.1. The molecule has 0 saturated heterocycles. The number of hydrogen-bond donors (Lipinski definition) is 1. The molecule has 1 aromatic heterocycles. The zero-order chi connectivity index (χ0) is 19.2. The molecule has 0 aliphatic heterocycles. The minimum Gasteiger partial charge on any atom is -0.318 e. The molecule has 134 valence electrons. The van der Waals surface area contributed by atoms with Crippen LogP contribution in [0.2, 0.25) is 0 Å². The molecule has 0 radical (unpaired) electrons. The van der Waals surface area contributed by atoms with Crippen molar-refractivity contribution >= 4 is 12.1 Å². The van der Waals surface area contributed by atoms with Crippen LogP contribution in [0.5, 0.6) is 0 Å². The van der Waals surface area contributed by atoms with Crippen molar-refractivity contribution < 1.29 is 4.79 Å². The third-order valence-electron chi connectivity index (χ3n) is 4.39. The minimum atomic E-state index is -0.889. The fourth-order valence-electron chi connectivity index (χ4n) is 3.05. The van der Waals surface area contributed by atoms with Gasteiger partial charge in [-0.15, -0.1) is 0 Å². The Labute approximate surface area is 158 Å². The lowest BCUT2D eigenvalue weighted by molar-refractivity contribution is -0.121. The molecule has 1 N–H and O–H groups in total. The van der Waals surface area contributed by atoms with Crippen LogP contribution in [0.25, 0.3) is 5.69 Å². The van der Waals surface area contributed by atoms with Gasteiger partial charge in [-0.25, -0.2) is 5.43 Å². The molecular formula is C22H20N4O. The number of carbonyl (C=O) groups is 1. The maximum atomic E-state index is 12.3. The van der Waals surface area contributed by atoms with Gasteiger partial charge in [0, 0.05) is 22.6 Å². The molecule has 0 aliphatic carbocycles. The second-order valence-electron chi connectivity index (χ2n) is 6.20. The van der Waals surface area contributed by atoms with E-state index >= 15 is 0 Å². The number of aryl methyl sites for hydroxylation is 1. The van der Waals surface area contributed by atoms with Crippen LogP contribution in [-0.4, -0.2) is 16.7 Å². The quantitative estimate of drug-likeness (QED) is 0.557. The van der Waals surface area contributed by atoms with Crippen LogP contribution < -0.4 is 5.43 Å². The van der Waals surface area contributed by atoms with Gasteiger partial charge in [0.1, 0.15) is 0 Å². The van der Waals surface area contributed by atoms with Crippen molar-refractivity contribution in [1.82, 2.24) is 9.99 Å². The topological polar surface area (TPSA) is 70.2 Å². The summed E-state index contributed by atoms with van der Waals surface area (Å²) in [7, 11) is 0. The van der Waals surface area contributed by atoms with Crippen molar-refractivity contribution in [2.24, 2.45) is 5.10 Å². The van der Waals surface area contributed by atoms with Crippen LogP contribution >= 0.6 is 0 Å². The van der Waals surface area contributed by atoms with E-state index in [4.69, 9.17) is 0 Å². The first-order valence-corrected chi connectivity index (χ1v) is 8.63. The second-order valence-corrected chi connectivity index (χ2v) is 6.20. The molecule has 5 nitrogen and oxygen atoms in total. The largest absolute Gasteiger partial charge is 0.318 e. The molecule has 0 saturated carbocycles. The molecule has 0 fully saturated rings. The van der Waals surface area contributed by atoms with E-state index in [1.807, 2.05) is 62.4 Å². The number of aromatic nitrogens is 1. The summed E-state index contributed by atoms with van der Waals surface area (Å²) >= 11 is 0. The highest BCUT2D eigenvalue weighted by Gasteiger charge is 2.19. The zero-order valence-electron chi connectivity index (χ0n) is 15.3. The van der Waals surface area contributed by atoms with Crippen molar-refractivity contribution in [2.45, 2.75) is 19.8 Å². The number of benzene rings is 2. The molecule has 27 heavy (non-hydrogen) atoms. The summed E-state index contributed by atoms with van der Waals surface area (Å²) in [5, 5.41) is 13.4. The molecule has 0 unspecified atom stereocenters. The average Bonchev–Trinajstić information content (AvgIpc) is 2.97. The van der Waals surface area contributed by atoms with Crippen molar-refractivity contribution in [3.63, 3.8) is 0 Å². The van der Waals surface area contributed by atoms with Crippen LogP contribution in [0, 0.1) is 25.2 Å². The van der Waals surface area contributed by atoms with Crippen LogP contribution in [0.15, 0.2) is 71.8 Å². The molecule has 0 bridgehead atoms. The monoisotopic (exact) mass is 356 g/mol. The maximum absolute atomic E-state index is 12.3. The number of rotatable bonds is 5. The number of nitriles is 1. The Morgan fingerprint density at radius 2 is 1.74 bits per heavy atom. The summed E-state index contributed by atoms with van der Waals surface area (Å²) in [5.41, 5.74) is 7.20. The number of nitrogens with zero attached hydrogens (tertiary/aromatic N) is 3. The van der Waals surface area contributed by atoms with E-state index in [9.17, 15) is 10.1 Å². The van der Waals surface area contributed by atoms with Crippen molar-refractivity contribution in [2.75, 3.05) is 0 Å². The average molecular weight is 356 g/mol. The Kier molecular flexibility index (Phi) is 5.48. The molecule has 5 heteroatoms. The third kappa shape index (κ3) is 3.96. The lowest BCUT2D eigenvalue weighted by atomic mass is 10.0. The maximum Gasteiger partial charge on any atom is 0.261 e. The molecule has 2 aromatic carbocycles. The highest BCUT2D eigenvalue weighted by atomic mass is 16.2. The van der Waals surface area contributed by atoms with E-state index in [1.165, 1.54) is 0 Å². The summed E-state index contributed by atoms with van der Waals surface area (Å²) in [4.78, 5) is 12.3. The van der Waals surface area contributed by atoms with Gasteiger partial charge in [0.2, 0.25) is 0 Å². The number of hydrazone groups is 1. The molecule has 0 spiro atoms. The van der Waals surface area contributed by atoms with Crippen LogP contribution in [0.3, 0.4) is 0 Å². The van der Waals surface area contributed by atoms with Crippen molar-refractivity contribution in [1.29, 1.82) is 5.26 Å². The van der Waals surface area contributed by atoms with E-state index in [0.717, 1.165) is 22.6 Å². The molecule has 3 aromatic rings. The van der Waals surface area contributed by atoms with Gasteiger partial charge in [-0.05, 0) is 37.6 Å². The molecule has 0 aliphatic rings. The van der Waals surface area contributed by atoms with E-state index in [-0.39, 0.29) is 0 Å². The van der Waals surface area contributed by atoms with E-state index in [2.05, 4.69) is 15.1 Å². The fourth-order valence-corrected chi connectivity index (χ4v) is 3.05. The first-order valence-electron chi connectivity index (χ1n) is 8.63. The van der Waals surface area contributed by atoms with Crippen LogP contribution in [0.4, 0.5) is 0 Å². The minimum absolute atomic E-state index is 0.447. The Bertz CT molecular complexity index is 998. The standard InChI is InChI=1S/C22H20N4O/c1-16-13-19(17(2)26(16)20-11-7-4-8-12-20)15-24-25-22(27)21(14-23)18-9-5-3-6-10-18/h3-13,15,21H,1-2H3,(H,25,27)/b24-15-/t21-/m0/s1. The second kappa shape index (κ2) is 8.15. The summed E-state index contributed by atoms with van der Waals surface area (Å²) in [6.45, 7) is 4.03. The number of carbonyl (C=O) groups excluding carboxylic acids is 1. The Morgan fingerprint density at radius 3 is 2.37 bits per heavy atom. The smallest absolute Gasteiger partial charge is 0.261 e. The fraction of sp³-hybridized carbons (Fsp3) is 0.136. The van der Waals surface area contributed by atoms with E-state index in [0.29, 0.717) is 5.56 Å². The Balaban J connectivity index is 1.76. The van der Waals surface area contributed by atoms with Crippen LogP contribution in [0.1, 0.15) is 28.4 Å². The lowest BCUT2D eigenvalue weighted by Gasteiger charge is -2.09. The van der Waals surface area contributed by atoms with Gasteiger partial charge in [-0.3, -0.25) is 4.79 Å². The van der Waals surface area contributed by atoms with Crippen molar-refractivity contribution in [3.05, 3.63) is 89.2 Å². The molecule has 1 amide bonds. The van der Waals surface area contributed by atoms with Crippen molar-refractivity contribution in [3.8, 4) is 11.8 Å². The summed E-state index contributed by atoms with van der Waals surface area (Å²) in [6.07, 6.45) is 1.61. The number of nitrogens with one attached hydrogen (secondary N) is 1. The predicted octanol–water partition coefficient (Wildman–Crippen LogP) is 3.85. The van der Waals surface area contributed by atoms with E-state index < -0.39 is 11.8 Å². The highest BCUT2D eigenvalue weighted by Crippen LogP contribution is 2.19. The van der Waals surface area contributed by atoms with Gasteiger partial charge in [-0.2, -0.15) is 10.4 Å². The SMILES string of the molecule is Cc1cc(/C=N\NC(=O)[C@@H](C#N)c2ccccc2)c(C)n1-c1ccccc1. The lowest BCUT2D eigenvalue weighted by Crippen LogP contribution is -2.24. The summed E-state index contributed by atoms with van der Waals surface area (Å²) < 4.78 is 2.13. The summed E-state index contributed by atoms with van der Waals surface area (Å²) in [5.74, 6) is -1.34. The zero-order valence-corrected chi connectivity index (χ0v) is 15.3. The van der Waals surface area contributed by atoms with Crippen LogP contribution in [-0.2, 0) is 4.79 Å². The molecule has 3 rings (SSSR count). The van der Waals surface area contributed by atoms with Gasteiger partial charge >= 0.3 is 0 Å². The van der Waals surface area contributed by atoms with E-state index in [1.54, 1.807) is 30.5 Å². The highest BCUT2D eigenvalue weighted by molar-refractivity contribution is 5.88. The van der Waals surface area contributed by atoms with Gasteiger partial charge in [-0.1, -0.05) is 48.5 Å². The Hall–Kier alpha value is -3.65. The predicted molar refractivity (Wildman–Crippen MR) is 106 cm³/mol. The Morgan fingerprint density at radius 1 is 1.11 bits per heavy atom. The summed E-state index contributed by atoms with van der Waals surface area (Å²) in [6, 6.07) is 23.0. The molecular weight excluding hydrogens is 336 g/mol. The third-order valence-corrected chi connectivity index (χ3v) is 4.39. The number of hydrogen-bond acceptors (Lipinski definition) is 3. The van der Waals surface area contributed by atoms with Gasteiger partial charge in [0.05, 0.1) is 12.3 Å². The normalized spacial score (nSPS) is 11.9. The first kappa shape index (κ1) is 18.2. The number of amides is 1. The number of para-hydroxylation sites is 1. The van der Waals surface area contributed by atoms with Gasteiger partial charge in [0.25, 0.3) is 5.91 Å². The van der Waals surface area contributed by atoms with Gasteiger partial charge < -0.3 is 4.57 Å². The molecule has 1 heterocycles. The molecule has 1 atom stereocenters.